The molecule has 0 radical (unpaired) electrons. The molecule has 0 aliphatic carbocycles. The topological polar surface area (TPSA) is 93.5 Å². The molecule has 7 heteroatoms. The molecule has 2 aromatic carbocycles. The van der Waals surface area contributed by atoms with Crippen LogP contribution in [0.15, 0.2) is 59.0 Å². The predicted molar refractivity (Wildman–Crippen MR) is 113 cm³/mol. The molecule has 1 aliphatic rings. The summed E-state index contributed by atoms with van der Waals surface area (Å²) < 4.78 is 11.6. The Labute approximate surface area is 174 Å². The molecule has 7 nitrogen and oxygen atoms in total. The second-order valence-electron chi connectivity index (χ2n) is 7.17. The lowest BCUT2D eigenvalue weighted by molar-refractivity contribution is -0.114. The monoisotopic (exact) mass is 405 g/mol. The van der Waals surface area contributed by atoms with Crippen molar-refractivity contribution in [1.29, 1.82) is 0 Å². The summed E-state index contributed by atoms with van der Waals surface area (Å²) in [7, 11) is 0. The van der Waals surface area contributed by atoms with Crippen molar-refractivity contribution in [2.45, 2.75) is 25.9 Å². The number of anilines is 1. The lowest BCUT2D eigenvalue weighted by Gasteiger charge is -2.10. The number of nitrogens with zero attached hydrogens (tertiary/aromatic N) is 1. The zero-order chi connectivity index (χ0) is 20.9. The van der Waals surface area contributed by atoms with Crippen LogP contribution in [0.5, 0.6) is 0 Å². The Kier molecular flexibility index (Phi) is 5.90. The van der Waals surface area contributed by atoms with Crippen molar-refractivity contribution in [1.82, 2.24) is 10.3 Å². The van der Waals surface area contributed by atoms with Gasteiger partial charge in [0.25, 0.3) is 5.91 Å². The van der Waals surface area contributed by atoms with Crippen molar-refractivity contribution in [2.75, 3.05) is 18.5 Å². The molecule has 1 unspecified atom stereocenters. The lowest BCUT2D eigenvalue weighted by Crippen LogP contribution is -2.32. The number of aromatic nitrogens is 1. The van der Waals surface area contributed by atoms with Gasteiger partial charge in [0.05, 0.1) is 6.10 Å². The van der Waals surface area contributed by atoms with E-state index in [4.69, 9.17) is 9.15 Å². The summed E-state index contributed by atoms with van der Waals surface area (Å²) in [6.07, 6.45) is 1.98. The average Bonchev–Trinajstić information content (AvgIpc) is 3.43. The molecule has 0 bridgehead atoms. The van der Waals surface area contributed by atoms with Crippen LogP contribution in [0.25, 0.3) is 22.8 Å². The smallest absolute Gasteiger partial charge is 0.274 e. The zero-order valence-electron chi connectivity index (χ0n) is 16.7. The molecule has 2 heterocycles. The Balaban J connectivity index is 1.64. The number of hydrogen-bond donors (Lipinski definition) is 2. The zero-order valence-corrected chi connectivity index (χ0v) is 16.7. The van der Waals surface area contributed by atoms with Gasteiger partial charge in [-0.1, -0.05) is 18.2 Å². The Hall–Kier alpha value is -3.45. The van der Waals surface area contributed by atoms with Crippen molar-refractivity contribution in [3.05, 3.63) is 60.3 Å². The number of carbonyl (C=O) groups excluding carboxylic acids is 2. The highest BCUT2D eigenvalue weighted by atomic mass is 16.5. The number of nitrogens with one attached hydrogen (secondary N) is 2. The Morgan fingerprint density at radius 2 is 1.83 bits per heavy atom. The van der Waals surface area contributed by atoms with Gasteiger partial charge in [0.1, 0.15) is 0 Å². The van der Waals surface area contributed by atoms with Gasteiger partial charge in [-0.15, -0.1) is 0 Å². The van der Waals surface area contributed by atoms with Crippen LogP contribution in [-0.2, 0) is 9.53 Å². The highest BCUT2D eigenvalue weighted by molar-refractivity contribution is 5.98. The molecule has 2 N–H and O–H groups in total. The first-order valence-corrected chi connectivity index (χ1v) is 9.94. The molecule has 0 saturated carbocycles. The molecule has 154 valence electrons. The van der Waals surface area contributed by atoms with Gasteiger partial charge in [-0.2, -0.15) is 0 Å². The second-order valence-corrected chi connectivity index (χ2v) is 7.17. The maximum Gasteiger partial charge on any atom is 0.274 e. The van der Waals surface area contributed by atoms with Crippen molar-refractivity contribution in [2.24, 2.45) is 0 Å². The Morgan fingerprint density at radius 1 is 1.07 bits per heavy atom. The van der Waals surface area contributed by atoms with Crippen molar-refractivity contribution in [3.63, 3.8) is 0 Å². The van der Waals surface area contributed by atoms with E-state index in [1.807, 2.05) is 30.3 Å². The van der Waals surface area contributed by atoms with E-state index in [2.05, 4.69) is 15.6 Å². The Morgan fingerprint density at radius 3 is 2.50 bits per heavy atom. The van der Waals surface area contributed by atoms with E-state index in [-0.39, 0.29) is 23.6 Å². The number of benzene rings is 2. The van der Waals surface area contributed by atoms with Gasteiger partial charge < -0.3 is 19.8 Å². The van der Waals surface area contributed by atoms with Gasteiger partial charge in [0.2, 0.25) is 11.8 Å². The van der Waals surface area contributed by atoms with Gasteiger partial charge in [0, 0.05) is 36.9 Å². The molecular formula is C23H23N3O4. The summed E-state index contributed by atoms with van der Waals surface area (Å²) in [5.41, 5.74) is 2.37. The van der Waals surface area contributed by atoms with Crippen molar-refractivity contribution in [3.8, 4) is 22.8 Å². The highest BCUT2D eigenvalue weighted by Crippen LogP contribution is 2.30. The standard InChI is InChI=1S/C23H23N3O4/c1-15(27)25-18-11-9-16(10-12-18)21-20(22(28)24-14-19-8-5-13-29-19)26-23(30-21)17-6-3-2-4-7-17/h2-4,6-7,9-12,19H,5,8,13-14H2,1H3,(H,24,28)(H,25,27). The normalized spacial score (nSPS) is 15.7. The van der Waals surface area contributed by atoms with Crippen LogP contribution in [0, 0.1) is 0 Å². The molecule has 1 atom stereocenters. The molecule has 4 rings (SSSR count). The van der Waals surface area contributed by atoms with E-state index in [0.29, 0.717) is 29.4 Å². The minimum atomic E-state index is -0.308. The minimum Gasteiger partial charge on any atom is -0.435 e. The van der Waals surface area contributed by atoms with E-state index in [1.54, 1.807) is 24.3 Å². The van der Waals surface area contributed by atoms with E-state index in [9.17, 15) is 9.59 Å². The number of carbonyl (C=O) groups is 2. The number of oxazole rings is 1. The van der Waals surface area contributed by atoms with Gasteiger partial charge in [-0.3, -0.25) is 9.59 Å². The molecule has 0 spiro atoms. The first kappa shape index (κ1) is 19.8. The summed E-state index contributed by atoms with van der Waals surface area (Å²) in [5.74, 6) is 0.298. The third-order valence-electron chi connectivity index (χ3n) is 4.84. The van der Waals surface area contributed by atoms with Gasteiger partial charge in [0.15, 0.2) is 11.5 Å². The molecular weight excluding hydrogens is 382 g/mol. The predicted octanol–water partition coefficient (Wildman–Crippen LogP) is 3.88. The summed E-state index contributed by atoms with van der Waals surface area (Å²) in [4.78, 5) is 28.6. The van der Waals surface area contributed by atoms with Gasteiger partial charge in [-0.25, -0.2) is 4.98 Å². The number of amides is 2. The molecule has 3 aromatic rings. The quantitative estimate of drug-likeness (QED) is 0.649. The van der Waals surface area contributed by atoms with E-state index in [0.717, 1.165) is 25.0 Å². The first-order chi connectivity index (χ1) is 14.6. The third kappa shape index (κ3) is 4.58. The van der Waals surface area contributed by atoms with E-state index in [1.165, 1.54) is 6.92 Å². The molecule has 2 amide bonds. The third-order valence-corrected chi connectivity index (χ3v) is 4.84. The maximum atomic E-state index is 12.9. The fourth-order valence-corrected chi connectivity index (χ4v) is 3.38. The van der Waals surface area contributed by atoms with E-state index < -0.39 is 0 Å². The van der Waals surface area contributed by atoms with Gasteiger partial charge >= 0.3 is 0 Å². The van der Waals surface area contributed by atoms with Crippen LogP contribution in [0.3, 0.4) is 0 Å². The fourth-order valence-electron chi connectivity index (χ4n) is 3.38. The SMILES string of the molecule is CC(=O)Nc1ccc(-c2oc(-c3ccccc3)nc2C(=O)NCC2CCCO2)cc1. The van der Waals surface area contributed by atoms with Crippen LogP contribution in [-0.4, -0.2) is 36.1 Å². The average molecular weight is 405 g/mol. The summed E-state index contributed by atoms with van der Waals surface area (Å²) in [6.45, 7) is 2.62. The Bertz CT molecular complexity index is 1020. The summed E-state index contributed by atoms with van der Waals surface area (Å²) in [5, 5.41) is 5.63. The summed E-state index contributed by atoms with van der Waals surface area (Å²) >= 11 is 0. The molecule has 1 aromatic heterocycles. The highest BCUT2D eigenvalue weighted by Gasteiger charge is 2.24. The van der Waals surface area contributed by atoms with Crippen LogP contribution in [0.2, 0.25) is 0 Å². The molecule has 1 saturated heterocycles. The number of hydrogen-bond acceptors (Lipinski definition) is 5. The fraction of sp³-hybridized carbons (Fsp3) is 0.261. The van der Waals surface area contributed by atoms with Crippen molar-refractivity contribution < 1.29 is 18.7 Å². The largest absolute Gasteiger partial charge is 0.435 e. The van der Waals surface area contributed by atoms with E-state index >= 15 is 0 Å². The molecule has 1 aliphatic heterocycles. The lowest BCUT2D eigenvalue weighted by atomic mass is 10.1. The second kappa shape index (κ2) is 8.92. The summed E-state index contributed by atoms with van der Waals surface area (Å²) in [6, 6.07) is 16.5. The minimum absolute atomic E-state index is 0.0369. The van der Waals surface area contributed by atoms with Gasteiger partial charge in [-0.05, 0) is 49.2 Å². The first-order valence-electron chi connectivity index (χ1n) is 9.94. The maximum absolute atomic E-state index is 12.9. The van der Waals surface area contributed by atoms with Crippen LogP contribution in [0.4, 0.5) is 5.69 Å². The molecule has 30 heavy (non-hydrogen) atoms. The number of rotatable bonds is 6. The van der Waals surface area contributed by atoms with Crippen LogP contribution < -0.4 is 10.6 Å². The van der Waals surface area contributed by atoms with Crippen molar-refractivity contribution >= 4 is 17.5 Å². The van der Waals surface area contributed by atoms with Crippen LogP contribution in [0.1, 0.15) is 30.3 Å². The molecule has 1 fully saturated rings. The number of ether oxygens (including phenoxy) is 1. The van der Waals surface area contributed by atoms with Crippen LogP contribution >= 0.6 is 0 Å².